The fourth-order valence-corrected chi connectivity index (χ4v) is 2.69. The fraction of sp³-hybridized carbons (Fsp3) is 0.429. The lowest BCUT2D eigenvalue weighted by molar-refractivity contribution is -0.137. The zero-order valence-corrected chi connectivity index (χ0v) is 11.4. The number of carbonyl (C=O) groups is 2. The monoisotopic (exact) mass is 292 g/mol. The Morgan fingerprint density at radius 2 is 2.14 bits per heavy atom. The molecule has 0 aromatic heterocycles. The van der Waals surface area contributed by atoms with Gasteiger partial charge in [0.05, 0.1) is 6.42 Å². The second-order valence-corrected chi connectivity index (χ2v) is 5.09. The lowest BCUT2D eigenvalue weighted by Gasteiger charge is -2.23. The molecule has 2 amide bonds. The fourth-order valence-electron chi connectivity index (χ4n) is 2.69. The molecule has 0 saturated carbocycles. The second-order valence-electron chi connectivity index (χ2n) is 5.09. The average molecular weight is 292 g/mol. The van der Waals surface area contributed by atoms with Gasteiger partial charge in [-0.1, -0.05) is 0 Å². The Labute approximate surface area is 121 Å². The lowest BCUT2D eigenvalue weighted by atomic mass is 10.1. The van der Waals surface area contributed by atoms with E-state index in [2.05, 4.69) is 5.32 Å². The first-order valence-electron chi connectivity index (χ1n) is 6.82. The number of fused-ring (bicyclic) bond motifs is 1. The maximum absolute atomic E-state index is 12.3. The molecule has 0 aliphatic carbocycles. The van der Waals surface area contributed by atoms with Crippen molar-refractivity contribution >= 4 is 17.7 Å². The number of nitrogens with one attached hydrogen (secondary N) is 1. The van der Waals surface area contributed by atoms with E-state index >= 15 is 0 Å². The molecule has 1 fully saturated rings. The molecule has 1 atom stereocenters. The van der Waals surface area contributed by atoms with Crippen molar-refractivity contribution < 1.29 is 24.2 Å². The Morgan fingerprint density at radius 3 is 2.95 bits per heavy atom. The van der Waals surface area contributed by atoms with Crippen LogP contribution in [0.15, 0.2) is 18.2 Å². The lowest BCUT2D eigenvalue weighted by Crippen LogP contribution is -2.39. The number of urea groups is 1. The molecule has 21 heavy (non-hydrogen) atoms. The second kappa shape index (κ2) is 5.51. The summed E-state index contributed by atoms with van der Waals surface area (Å²) in [5.74, 6) is 0.358. The number of carboxylic acid groups (broad SMARTS) is 1. The highest BCUT2D eigenvalue weighted by Crippen LogP contribution is 2.34. The highest BCUT2D eigenvalue weighted by molar-refractivity contribution is 5.90. The standard InChI is InChI=1S/C14H16N2O5/c17-13(18)7-10-2-1-5-16(10)14(19)15-9-3-4-11-12(6-9)21-8-20-11/h3-4,6,10H,1-2,5,7-8H2,(H,15,19)(H,17,18). The van der Waals surface area contributed by atoms with E-state index < -0.39 is 5.97 Å². The summed E-state index contributed by atoms with van der Waals surface area (Å²) in [5, 5.41) is 11.7. The molecule has 0 bridgehead atoms. The number of hydrogen-bond donors (Lipinski definition) is 2. The minimum atomic E-state index is -0.886. The van der Waals surface area contributed by atoms with Gasteiger partial charge in [0.2, 0.25) is 6.79 Å². The third-order valence-corrected chi connectivity index (χ3v) is 3.67. The highest BCUT2D eigenvalue weighted by atomic mass is 16.7. The van der Waals surface area contributed by atoms with Crippen molar-refractivity contribution in [3.63, 3.8) is 0 Å². The molecule has 0 spiro atoms. The number of ether oxygens (including phenoxy) is 2. The van der Waals surface area contributed by atoms with Crippen LogP contribution >= 0.6 is 0 Å². The largest absolute Gasteiger partial charge is 0.481 e. The minimum Gasteiger partial charge on any atom is -0.481 e. The van der Waals surface area contributed by atoms with E-state index in [0.29, 0.717) is 23.7 Å². The van der Waals surface area contributed by atoms with Crippen molar-refractivity contribution in [3.05, 3.63) is 18.2 Å². The van der Waals surface area contributed by atoms with Crippen molar-refractivity contribution in [2.75, 3.05) is 18.7 Å². The van der Waals surface area contributed by atoms with Crippen molar-refractivity contribution in [1.82, 2.24) is 4.90 Å². The van der Waals surface area contributed by atoms with Crippen LogP contribution < -0.4 is 14.8 Å². The van der Waals surface area contributed by atoms with Crippen LogP contribution in [0, 0.1) is 0 Å². The zero-order valence-electron chi connectivity index (χ0n) is 11.4. The molecule has 2 N–H and O–H groups in total. The van der Waals surface area contributed by atoms with Gasteiger partial charge in [-0.25, -0.2) is 4.79 Å². The summed E-state index contributed by atoms with van der Waals surface area (Å²) in [6.45, 7) is 0.758. The van der Waals surface area contributed by atoms with E-state index in [-0.39, 0.29) is 25.3 Å². The van der Waals surface area contributed by atoms with Gasteiger partial charge in [-0.2, -0.15) is 0 Å². The quantitative estimate of drug-likeness (QED) is 0.888. The van der Waals surface area contributed by atoms with E-state index in [1.54, 1.807) is 23.1 Å². The molecule has 2 aliphatic rings. The van der Waals surface area contributed by atoms with E-state index in [1.165, 1.54) is 0 Å². The summed E-state index contributed by atoms with van der Waals surface area (Å²) >= 11 is 0. The van der Waals surface area contributed by atoms with Gasteiger partial charge >= 0.3 is 12.0 Å². The summed E-state index contributed by atoms with van der Waals surface area (Å²) in [6.07, 6.45) is 1.53. The van der Waals surface area contributed by atoms with Crippen molar-refractivity contribution in [3.8, 4) is 11.5 Å². The smallest absolute Gasteiger partial charge is 0.322 e. The van der Waals surface area contributed by atoms with Gasteiger partial charge in [0, 0.05) is 24.3 Å². The van der Waals surface area contributed by atoms with Gasteiger partial charge in [-0.05, 0) is 25.0 Å². The van der Waals surface area contributed by atoms with Gasteiger partial charge < -0.3 is 24.8 Å². The zero-order chi connectivity index (χ0) is 14.8. The number of rotatable bonds is 3. The van der Waals surface area contributed by atoms with Crippen LogP contribution in [0.25, 0.3) is 0 Å². The first-order chi connectivity index (χ1) is 10.1. The van der Waals surface area contributed by atoms with Crippen molar-refractivity contribution in [2.45, 2.75) is 25.3 Å². The third-order valence-electron chi connectivity index (χ3n) is 3.67. The van der Waals surface area contributed by atoms with Gasteiger partial charge in [0.15, 0.2) is 11.5 Å². The minimum absolute atomic E-state index is 0.0193. The number of aliphatic carboxylic acids is 1. The van der Waals surface area contributed by atoms with Gasteiger partial charge in [-0.15, -0.1) is 0 Å². The molecule has 2 heterocycles. The third kappa shape index (κ3) is 2.86. The molecule has 1 aromatic carbocycles. The SMILES string of the molecule is O=C(O)CC1CCCN1C(=O)Nc1ccc2c(c1)OCO2. The maximum Gasteiger partial charge on any atom is 0.322 e. The topological polar surface area (TPSA) is 88.1 Å². The number of amides is 2. The molecule has 3 rings (SSSR count). The van der Waals surface area contributed by atoms with Crippen LogP contribution in [-0.2, 0) is 4.79 Å². The molecule has 7 heteroatoms. The van der Waals surface area contributed by atoms with Gasteiger partial charge in [0.25, 0.3) is 0 Å². The predicted octanol–water partition coefficient (Wildman–Crippen LogP) is 1.89. The van der Waals surface area contributed by atoms with Crippen molar-refractivity contribution in [1.29, 1.82) is 0 Å². The number of anilines is 1. The highest BCUT2D eigenvalue weighted by Gasteiger charge is 2.30. The maximum atomic E-state index is 12.3. The predicted molar refractivity (Wildman–Crippen MR) is 73.6 cm³/mol. The average Bonchev–Trinajstić information content (AvgIpc) is 3.06. The Bertz CT molecular complexity index is 574. The summed E-state index contributed by atoms with van der Waals surface area (Å²) in [5.41, 5.74) is 0.602. The van der Waals surface area contributed by atoms with E-state index in [4.69, 9.17) is 14.6 Å². The van der Waals surface area contributed by atoms with Crippen LogP contribution in [0.3, 0.4) is 0 Å². The number of likely N-dealkylation sites (tertiary alicyclic amines) is 1. The Morgan fingerprint density at radius 1 is 1.33 bits per heavy atom. The first-order valence-corrected chi connectivity index (χ1v) is 6.82. The van der Waals surface area contributed by atoms with Crippen LogP contribution in [0.5, 0.6) is 11.5 Å². The van der Waals surface area contributed by atoms with Crippen LogP contribution in [-0.4, -0.2) is 41.4 Å². The van der Waals surface area contributed by atoms with Crippen LogP contribution in [0.1, 0.15) is 19.3 Å². The summed E-state index contributed by atoms with van der Waals surface area (Å²) in [4.78, 5) is 24.7. The molecule has 1 unspecified atom stereocenters. The Kier molecular flexibility index (Phi) is 3.55. The molecule has 7 nitrogen and oxygen atoms in total. The molecular weight excluding hydrogens is 276 g/mol. The van der Waals surface area contributed by atoms with Crippen LogP contribution in [0.2, 0.25) is 0 Å². The molecule has 1 aromatic rings. The number of carboxylic acids is 1. The number of nitrogens with zero attached hydrogens (tertiary/aromatic N) is 1. The van der Waals surface area contributed by atoms with Crippen LogP contribution in [0.4, 0.5) is 10.5 Å². The Hall–Kier alpha value is -2.44. The number of carbonyl (C=O) groups excluding carboxylic acids is 1. The number of hydrogen-bond acceptors (Lipinski definition) is 4. The van der Waals surface area contributed by atoms with E-state index in [0.717, 1.165) is 12.8 Å². The van der Waals surface area contributed by atoms with Gasteiger partial charge in [-0.3, -0.25) is 4.79 Å². The molecule has 0 radical (unpaired) electrons. The summed E-state index contributed by atoms with van der Waals surface area (Å²) in [7, 11) is 0. The molecule has 1 saturated heterocycles. The first kappa shape index (κ1) is 13.5. The van der Waals surface area contributed by atoms with E-state index in [1.807, 2.05) is 0 Å². The van der Waals surface area contributed by atoms with E-state index in [9.17, 15) is 9.59 Å². The summed E-state index contributed by atoms with van der Waals surface area (Å²) < 4.78 is 10.5. The molecular formula is C14H16N2O5. The number of benzene rings is 1. The summed E-state index contributed by atoms with van der Waals surface area (Å²) in [6, 6.07) is 4.64. The Balaban J connectivity index is 1.67. The van der Waals surface area contributed by atoms with Gasteiger partial charge in [0.1, 0.15) is 0 Å². The van der Waals surface area contributed by atoms with Crippen molar-refractivity contribution in [2.24, 2.45) is 0 Å². The molecule has 2 aliphatic heterocycles. The molecule has 112 valence electrons. The normalized spacial score (nSPS) is 19.6.